The van der Waals surface area contributed by atoms with E-state index >= 15 is 0 Å². The van der Waals surface area contributed by atoms with Gasteiger partial charge in [-0.15, -0.1) is 0 Å². The molecule has 0 bridgehead atoms. The Kier molecular flexibility index (Phi) is 5.35. The van der Waals surface area contributed by atoms with Crippen LogP contribution in [0.25, 0.3) is 0 Å². The molecule has 0 heterocycles. The number of rotatable bonds is 5. The first kappa shape index (κ1) is 16.0. The summed E-state index contributed by atoms with van der Waals surface area (Å²) in [5, 5.41) is 2.87. The van der Waals surface area contributed by atoms with Crippen molar-refractivity contribution in [1.29, 1.82) is 0 Å². The van der Waals surface area contributed by atoms with E-state index in [9.17, 15) is 9.59 Å². The molecule has 0 saturated heterocycles. The van der Waals surface area contributed by atoms with Crippen molar-refractivity contribution in [1.82, 2.24) is 10.2 Å². The number of hydrogen-bond donors (Lipinski definition) is 2. The first-order valence-electron chi connectivity index (χ1n) is 7.05. The molecule has 0 aliphatic heterocycles. The maximum Gasteiger partial charge on any atom is 0.237 e. The van der Waals surface area contributed by atoms with Gasteiger partial charge in [-0.2, -0.15) is 0 Å². The van der Waals surface area contributed by atoms with Gasteiger partial charge < -0.3 is 16.0 Å². The Balaban J connectivity index is 2.66. The van der Waals surface area contributed by atoms with Crippen LogP contribution < -0.4 is 11.1 Å². The number of nitrogens with two attached hydrogens (primary N) is 1. The minimum absolute atomic E-state index is 0.101. The molecule has 3 N–H and O–H groups in total. The van der Waals surface area contributed by atoms with Crippen LogP contribution >= 0.6 is 0 Å². The zero-order chi connectivity index (χ0) is 14.6. The van der Waals surface area contributed by atoms with Gasteiger partial charge in [-0.05, 0) is 18.8 Å². The van der Waals surface area contributed by atoms with E-state index in [1.165, 1.54) is 0 Å². The number of nitrogens with one attached hydrogen (secondary N) is 1. The Labute approximate surface area is 115 Å². The molecule has 110 valence electrons. The molecule has 5 heteroatoms. The van der Waals surface area contributed by atoms with Crippen molar-refractivity contribution in [2.75, 3.05) is 20.6 Å². The third-order valence-electron chi connectivity index (χ3n) is 4.04. The third-order valence-corrected chi connectivity index (χ3v) is 4.04. The summed E-state index contributed by atoms with van der Waals surface area (Å²) in [5.74, 6) is 0.0559. The van der Waals surface area contributed by atoms with Crippen LogP contribution in [-0.2, 0) is 9.59 Å². The largest absolute Gasteiger partial charge is 0.354 e. The van der Waals surface area contributed by atoms with Crippen molar-refractivity contribution in [3.05, 3.63) is 0 Å². The van der Waals surface area contributed by atoms with Gasteiger partial charge in [0, 0.05) is 20.6 Å². The third kappa shape index (κ3) is 3.69. The summed E-state index contributed by atoms with van der Waals surface area (Å²) < 4.78 is 0. The second kappa shape index (κ2) is 6.37. The molecule has 1 aliphatic carbocycles. The lowest BCUT2D eigenvalue weighted by Gasteiger charge is -2.31. The molecule has 1 fully saturated rings. The van der Waals surface area contributed by atoms with E-state index < -0.39 is 11.5 Å². The molecular weight excluding hydrogens is 242 g/mol. The number of carbonyl (C=O) groups excluding carboxylic acids is 2. The van der Waals surface area contributed by atoms with Crippen LogP contribution in [0.2, 0.25) is 0 Å². The van der Waals surface area contributed by atoms with E-state index in [0.29, 0.717) is 6.54 Å². The molecule has 19 heavy (non-hydrogen) atoms. The number of nitrogens with zero attached hydrogens (tertiary/aromatic N) is 1. The monoisotopic (exact) mass is 269 g/mol. The van der Waals surface area contributed by atoms with Gasteiger partial charge in [-0.1, -0.05) is 26.7 Å². The number of carbonyl (C=O) groups is 2. The number of amides is 2. The summed E-state index contributed by atoms with van der Waals surface area (Å²) in [6.45, 7) is 4.24. The number of hydrogen-bond acceptors (Lipinski definition) is 3. The van der Waals surface area contributed by atoms with E-state index in [4.69, 9.17) is 5.73 Å². The fourth-order valence-corrected chi connectivity index (χ4v) is 2.67. The summed E-state index contributed by atoms with van der Waals surface area (Å²) in [7, 11) is 3.54. The molecule has 1 saturated carbocycles. The first-order chi connectivity index (χ1) is 8.80. The Bertz CT molecular complexity index is 334. The van der Waals surface area contributed by atoms with Crippen LogP contribution in [0.5, 0.6) is 0 Å². The first-order valence-corrected chi connectivity index (χ1v) is 7.05. The Morgan fingerprint density at radius 3 is 2.21 bits per heavy atom. The van der Waals surface area contributed by atoms with Gasteiger partial charge in [-0.3, -0.25) is 9.59 Å². The molecule has 5 nitrogen and oxygen atoms in total. The molecule has 0 spiro atoms. The summed E-state index contributed by atoms with van der Waals surface area (Å²) in [5.41, 5.74) is 5.40. The van der Waals surface area contributed by atoms with E-state index in [1.54, 1.807) is 19.0 Å². The van der Waals surface area contributed by atoms with Gasteiger partial charge in [0.05, 0.1) is 11.5 Å². The van der Waals surface area contributed by atoms with Crippen LogP contribution in [0.3, 0.4) is 0 Å². The lowest BCUT2D eigenvalue weighted by Crippen LogP contribution is -2.51. The second-order valence-electron chi connectivity index (χ2n) is 6.17. The highest BCUT2D eigenvalue weighted by Gasteiger charge is 2.42. The summed E-state index contributed by atoms with van der Waals surface area (Å²) in [4.78, 5) is 25.9. The SMILES string of the molecule is CC(C)[C@H](N)C(=O)NCC1(C(=O)N(C)C)CCCC1. The molecular formula is C14H27N3O2. The molecule has 1 rings (SSSR count). The average molecular weight is 269 g/mol. The van der Waals surface area contributed by atoms with Crippen molar-refractivity contribution in [3.63, 3.8) is 0 Å². The smallest absolute Gasteiger partial charge is 0.237 e. The summed E-state index contributed by atoms with van der Waals surface area (Å²) >= 11 is 0. The van der Waals surface area contributed by atoms with Crippen molar-refractivity contribution in [2.24, 2.45) is 17.1 Å². The summed E-state index contributed by atoms with van der Waals surface area (Å²) in [6.07, 6.45) is 3.79. The van der Waals surface area contributed by atoms with Crippen LogP contribution in [0.15, 0.2) is 0 Å². The standard InChI is InChI=1S/C14H27N3O2/c1-10(2)11(15)12(18)16-9-14(7-5-6-8-14)13(19)17(3)4/h10-11H,5-9,15H2,1-4H3,(H,16,18)/t11-/m0/s1. The molecule has 0 aromatic rings. The van der Waals surface area contributed by atoms with Gasteiger partial charge >= 0.3 is 0 Å². The van der Waals surface area contributed by atoms with Gasteiger partial charge in [0.15, 0.2) is 0 Å². The van der Waals surface area contributed by atoms with Crippen molar-refractivity contribution in [3.8, 4) is 0 Å². The zero-order valence-electron chi connectivity index (χ0n) is 12.5. The minimum atomic E-state index is -0.507. The molecule has 0 aromatic heterocycles. The van der Waals surface area contributed by atoms with Gasteiger partial charge in [0.1, 0.15) is 0 Å². The van der Waals surface area contributed by atoms with Crippen LogP contribution in [-0.4, -0.2) is 43.4 Å². The topological polar surface area (TPSA) is 75.4 Å². The van der Waals surface area contributed by atoms with E-state index in [1.807, 2.05) is 13.8 Å². The van der Waals surface area contributed by atoms with Crippen molar-refractivity contribution in [2.45, 2.75) is 45.6 Å². The quantitative estimate of drug-likeness (QED) is 0.773. The predicted octanol–water partition coefficient (Wildman–Crippen LogP) is 0.735. The molecule has 1 atom stereocenters. The zero-order valence-corrected chi connectivity index (χ0v) is 12.5. The van der Waals surface area contributed by atoms with E-state index in [0.717, 1.165) is 25.7 Å². The lowest BCUT2D eigenvalue weighted by atomic mass is 9.84. The Hall–Kier alpha value is -1.10. The van der Waals surface area contributed by atoms with E-state index in [-0.39, 0.29) is 17.7 Å². The highest BCUT2D eigenvalue weighted by Crippen LogP contribution is 2.38. The molecule has 0 aromatic carbocycles. The van der Waals surface area contributed by atoms with Crippen LogP contribution in [0.4, 0.5) is 0 Å². The molecule has 1 aliphatic rings. The predicted molar refractivity (Wildman–Crippen MR) is 75.4 cm³/mol. The average Bonchev–Trinajstić information content (AvgIpc) is 2.83. The highest BCUT2D eigenvalue weighted by molar-refractivity contribution is 5.85. The van der Waals surface area contributed by atoms with Crippen molar-refractivity contribution >= 4 is 11.8 Å². The van der Waals surface area contributed by atoms with Crippen LogP contribution in [0, 0.1) is 11.3 Å². The normalized spacial score (nSPS) is 19.3. The Morgan fingerprint density at radius 2 is 1.79 bits per heavy atom. The van der Waals surface area contributed by atoms with Gasteiger partial charge in [-0.25, -0.2) is 0 Å². The Morgan fingerprint density at radius 1 is 1.26 bits per heavy atom. The van der Waals surface area contributed by atoms with Gasteiger partial charge in [0.2, 0.25) is 11.8 Å². The minimum Gasteiger partial charge on any atom is -0.354 e. The van der Waals surface area contributed by atoms with E-state index in [2.05, 4.69) is 5.32 Å². The molecule has 0 unspecified atom stereocenters. The maximum absolute atomic E-state index is 12.3. The summed E-state index contributed by atoms with van der Waals surface area (Å²) in [6, 6.07) is -0.507. The fourth-order valence-electron chi connectivity index (χ4n) is 2.67. The fraction of sp³-hybridized carbons (Fsp3) is 0.857. The second-order valence-corrected chi connectivity index (χ2v) is 6.17. The molecule has 0 radical (unpaired) electrons. The van der Waals surface area contributed by atoms with Gasteiger partial charge in [0.25, 0.3) is 0 Å². The highest BCUT2D eigenvalue weighted by atomic mass is 16.2. The lowest BCUT2D eigenvalue weighted by molar-refractivity contribution is -0.139. The van der Waals surface area contributed by atoms with Crippen LogP contribution in [0.1, 0.15) is 39.5 Å². The maximum atomic E-state index is 12.3. The molecule has 2 amide bonds. The van der Waals surface area contributed by atoms with Crippen molar-refractivity contribution < 1.29 is 9.59 Å².